The van der Waals surface area contributed by atoms with Crippen LogP contribution >= 0.6 is 0 Å². The molecule has 4 nitrogen and oxygen atoms in total. The average Bonchev–Trinajstić information content (AvgIpc) is 2.48. The van der Waals surface area contributed by atoms with E-state index in [1.54, 1.807) is 36.4 Å². The molecule has 2 aromatic rings. The molecular weight excluding hydrogens is 256 g/mol. The molecule has 0 aliphatic rings. The van der Waals surface area contributed by atoms with Crippen LogP contribution in [0.25, 0.3) is 0 Å². The van der Waals surface area contributed by atoms with Crippen LogP contribution in [0, 0.1) is 0 Å². The summed E-state index contributed by atoms with van der Waals surface area (Å²) in [6.45, 7) is 2.26. The Hall–Kier alpha value is -2.49. The summed E-state index contributed by atoms with van der Waals surface area (Å²) in [5.74, 6) is 1.18. The minimum atomic E-state index is -0.456. The van der Waals surface area contributed by atoms with Gasteiger partial charge in [0.25, 0.3) is 0 Å². The summed E-state index contributed by atoms with van der Waals surface area (Å²) in [6, 6.07) is 16.1. The fourth-order valence-electron chi connectivity index (χ4n) is 1.63. The topological polar surface area (TPSA) is 44.8 Å². The zero-order chi connectivity index (χ0) is 14.2. The van der Waals surface area contributed by atoms with Crippen LogP contribution in [0.2, 0.25) is 0 Å². The molecule has 0 saturated heterocycles. The van der Waals surface area contributed by atoms with E-state index in [4.69, 9.17) is 14.2 Å². The highest BCUT2D eigenvalue weighted by Crippen LogP contribution is 2.26. The van der Waals surface area contributed by atoms with Crippen LogP contribution in [0.15, 0.2) is 54.6 Å². The molecule has 0 bridgehead atoms. The van der Waals surface area contributed by atoms with E-state index in [0.29, 0.717) is 23.9 Å². The van der Waals surface area contributed by atoms with E-state index in [1.165, 1.54) is 0 Å². The maximum Gasteiger partial charge on any atom is 0.349 e. The summed E-state index contributed by atoms with van der Waals surface area (Å²) in [5, 5.41) is 0. The lowest BCUT2D eigenvalue weighted by molar-refractivity contribution is -0.136. The molecule has 0 aliphatic heterocycles. The largest absolute Gasteiger partial charge is 0.490 e. The van der Waals surface area contributed by atoms with Gasteiger partial charge in [-0.1, -0.05) is 30.3 Å². The molecular formula is C16H16O4. The van der Waals surface area contributed by atoms with Crippen LogP contribution in [0.1, 0.15) is 6.92 Å². The number of carbonyl (C=O) groups is 1. The molecule has 0 aliphatic carbocycles. The number of hydrogen-bond donors (Lipinski definition) is 0. The Bertz CT molecular complexity index is 551. The van der Waals surface area contributed by atoms with Crippen molar-refractivity contribution in [2.75, 3.05) is 13.2 Å². The molecule has 0 aromatic heterocycles. The summed E-state index contributed by atoms with van der Waals surface area (Å²) in [7, 11) is 0. The van der Waals surface area contributed by atoms with Crippen molar-refractivity contribution in [1.82, 2.24) is 0 Å². The Morgan fingerprint density at radius 1 is 0.900 bits per heavy atom. The molecule has 104 valence electrons. The number of rotatable bonds is 6. The maximum atomic E-state index is 11.7. The summed E-state index contributed by atoms with van der Waals surface area (Å²) in [5.41, 5.74) is 0. The first-order valence-electron chi connectivity index (χ1n) is 6.40. The second kappa shape index (κ2) is 7.19. The lowest BCUT2D eigenvalue weighted by Crippen LogP contribution is -2.17. The quantitative estimate of drug-likeness (QED) is 0.599. The van der Waals surface area contributed by atoms with Gasteiger partial charge in [-0.2, -0.15) is 0 Å². The van der Waals surface area contributed by atoms with Gasteiger partial charge in [0.05, 0.1) is 6.61 Å². The molecule has 2 aromatic carbocycles. The monoisotopic (exact) mass is 272 g/mol. The third-order valence-corrected chi connectivity index (χ3v) is 2.47. The zero-order valence-corrected chi connectivity index (χ0v) is 11.2. The number of esters is 1. The number of carbonyl (C=O) groups excluding carboxylic acids is 1. The highest BCUT2D eigenvalue weighted by molar-refractivity contribution is 5.74. The molecule has 0 radical (unpaired) electrons. The van der Waals surface area contributed by atoms with Crippen molar-refractivity contribution >= 4 is 5.97 Å². The molecule has 0 spiro atoms. The van der Waals surface area contributed by atoms with Gasteiger partial charge in [-0.25, -0.2) is 4.79 Å². The van der Waals surface area contributed by atoms with Crippen LogP contribution < -0.4 is 14.2 Å². The van der Waals surface area contributed by atoms with Gasteiger partial charge in [0.15, 0.2) is 18.1 Å². The normalized spacial score (nSPS) is 9.85. The molecule has 0 saturated carbocycles. The summed E-state index contributed by atoms with van der Waals surface area (Å²) in [6.07, 6.45) is 0. The van der Waals surface area contributed by atoms with Crippen molar-refractivity contribution in [3.05, 3.63) is 54.6 Å². The van der Waals surface area contributed by atoms with Crippen LogP contribution in [0.4, 0.5) is 0 Å². The first-order chi connectivity index (χ1) is 9.79. The lowest BCUT2D eigenvalue weighted by atomic mass is 10.3. The van der Waals surface area contributed by atoms with Crippen molar-refractivity contribution in [3.8, 4) is 17.2 Å². The van der Waals surface area contributed by atoms with E-state index in [1.807, 2.05) is 25.1 Å². The Morgan fingerprint density at radius 3 is 2.15 bits per heavy atom. The minimum absolute atomic E-state index is 0.168. The van der Waals surface area contributed by atoms with Gasteiger partial charge < -0.3 is 14.2 Å². The van der Waals surface area contributed by atoms with Crippen molar-refractivity contribution in [2.24, 2.45) is 0 Å². The Labute approximate surface area is 117 Å². The standard InChI is InChI=1S/C16H16O4/c1-2-18-14-10-6-7-11-15(14)19-12-16(17)20-13-8-4-3-5-9-13/h3-11H,2,12H2,1H3. The third kappa shape index (κ3) is 4.02. The Morgan fingerprint density at radius 2 is 1.50 bits per heavy atom. The Kier molecular flexibility index (Phi) is 5.00. The molecule has 0 amide bonds. The number of ether oxygens (including phenoxy) is 3. The van der Waals surface area contributed by atoms with Crippen LogP contribution in [0.5, 0.6) is 17.2 Å². The van der Waals surface area contributed by atoms with Crippen molar-refractivity contribution in [2.45, 2.75) is 6.92 Å². The summed E-state index contributed by atoms with van der Waals surface area (Å²) >= 11 is 0. The predicted octanol–water partition coefficient (Wildman–Crippen LogP) is 3.07. The summed E-state index contributed by atoms with van der Waals surface area (Å²) in [4.78, 5) is 11.7. The second-order valence-electron chi connectivity index (χ2n) is 3.96. The number of para-hydroxylation sites is 3. The smallest absolute Gasteiger partial charge is 0.349 e. The SMILES string of the molecule is CCOc1ccccc1OCC(=O)Oc1ccccc1. The highest BCUT2D eigenvalue weighted by Gasteiger charge is 2.09. The molecule has 0 unspecified atom stereocenters. The first-order valence-corrected chi connectivity index (χ1v) is 6.40. The second-order valence-corrected chi connectivity index (χ2v) is 3.96. The molecule has 4 heteroatoms. The first kappa shape index (κ1) is 13.9. The summed E-state index contributed by atoms with van der Waals surface area (Å²) < 4.78 is 16.0. The molecule has 0 N–H and O–H groups in total. The van der Waals surface area contributed by atoms with E-state index in [2.05, 4.69) is 0 Å². The van der Waals surface area contributed by atoms with Gasteiger partial charge in [-0.15, -0.1) is 0 Å². The molecule has 0 atom stereocenters. The van der Waals surface area contributed by atoms with Crippen LogP contribution in [-0.2, 0) is 4.79 Å². The minimum Gasteiger partial charge on any atom is -0.490 e. The average molecular weight is 272 g/mol. The third-order valence-electron chi connectivity index (χ3n) is 2.47. The van der Waals surface area contributed by atoms with Crippen molar-refractivity contribution in [3.63, 3.8) is 0 Å². The van der Waals surface area contributed by atoms with Crippen LogP contribution in [-0.4, -0.2) is 19.2 Å². The van der Waals surface area contributed by atoms with Gasteiger partial charge in [-0.3, -0.25) is 0 Å². The molecule has 0 fully saturated rings. The molecule has 2 rings (SSSR count). The van der Waals surface area contributed by atoms with Gasteiger partial charge in [0, 0.05) is 0 Å². The van der Waals surface area contributed by atoms with Gasteiger partial charge in [0.2, 0.25) is 0 Å². The van der Waals surface area contributed by atoms with E-state index < -0.39 is 5.97 Å². The molecule has 0 heterocycles. The van der Waals surface area contributed by atoms with E-state index >= 15 is 0 Å². The van der Waals surface area contributed by atoms with E-state index in [9.17, 15) is 4.79 Å². The lowest BCUT2D eigenvalue weighted by Gasteiger charge is -2.11. The maximum absolute atomic E-state index is 11.7. The highest BCUT2D eigenvalue weighted by atomic mass is 16.6. The number of hydrogen-bond acceptors (Lipinski definition) is 4. The fraction of sp³-hybridized carbons (Fsp3) is 0.188. The Balaban J connectivity index is 1.90. The van der Waals surface area contributed by atoms with Crippen molar-refractivity contribution < 1.29 is 19.0 Å². The van der Waals surface area contributed by atoms with E-state index in [-0.39, 0.29) is 6.61 Å². The van der Waals surface area contributed by atoms with E-state index in [0.717, 1.165) is 0 Å². The van der Waals surface area contributed by atoms with Gasteiger partial charge in [-0.05, 0) is 31.2 Å². The zero-order valence-electron chi connectivity index (χ0n) is 11.2. The van der Waals surface area contributed by atoms with Gasteiger partial charge >= 0.3 is 5.97 Å². The van der Waals surface area contributed by atoms with Gasteiger partial charge in [0.1, 0.15) is 5.75 Å². The number of benzene rings is 2. The fourth-order valence-corrected chi connectivity index (χ4v) is 1.63. The molecule has 20 heavy (non-hydrogen) atoms. The van der Waals surface area contributed by atoms with Crippen molar-refractivity contribution in [1.29, 1.82) is 0 Å². The predicted molar refractivity (Wildman–Crippen MR) is 75.2 cm³/mol. The van der Waals surface area contributed by atoms with Crippen LogP contribution in [0.3, 0.4) is 0 Å².